The van der Waals surface area contributed by atoms with Gasteiger partial charge in [0.1, 0.15) is 11.3 Å². The molecule has 2 rings (SSSR count). The van der Waals surface area contributed by atoms with Crippen LogP contribution in [0.15, 0.2) is 35.5 Å². The Morgan fingerprint density at radius 2 is 2.21 bits per heavy atom. The molecular formula is C10H8Cl2N4O3. The van der Waals surface area contributed by atoms with Crippen molar-refractivity contribution in [3.63, 3.8) is 0 Å². The molecule has 0 amide bonds. The van der Waals surface area contributed by atoms with Crippen molar-refractivity contribution in [2.24, 2.45) is 0 Å². The molecule has 0 bridgehead atoms. The summed E-state index contributed by atoms with van der Waals surface area (Å²) < 4.78 is 0. The van der Waals surface area contributed by atoms with Crippen LogP contribution in [0.4, 0.5) is 11.5 Å². The molecule has 0 saturated heterocycles. The lowest BCUT2D eigenvalue weighted by Crippen LogP contribution is -2.35. The summed E-state index contributed by atoms with van der Waals surface area (Å²) in [5.74, 6) is -0.0439. The van der Waals surface area contributed by atoms with Crippen LogP contribution in [0.1, 0.15) is 0 Å². The summed E-state index contributed by atoms with van der Waals surface area (Å²) in [6.07, 6.45) is 3.60. The zero-order valence-electron chi connectivity index (χ0n) is 9.33. The van der Waals surface area contributed by atoms with E-state index in [-0.39, 0.29) is 16.7 Å². The fourth-order valence-corrected chi connectivity index (χ4v) is 1.78. The highest BCUT2D eigenvalue weighted by Gasteiger charge is 2.21. The van der Waals surface area contributed by atoms with Crippen LogP contribution in [0.25, 0.3) is 0 Å². The SMILES string of the molecule is O=[N+]([O-])c1ccc(Cl)nc1NC1C=CC(Cl)=CN1O. The van der Waals surface area contributed by atoms with Gasteiger partial charge in [0, 0.05) is 12.3 Å². The van der Waals surface area contributed by atoms with E-state index < -0.39 is 11.1 Å². The summed E-state index contributed by atoms with van der Waals surface area (Å²) in [4.78, 5) is 14.1. The average molecular weight is 303 g/mol. The van der Waals surface area contributed by atoms with E-state index in [9.17, 15) is 15.3 Å². The van der Waals surface area contributed by atoms with Crippen molar-refractivity contribution in [3.05, 3.63) is 50.8 Å². The molecule has 100 valence electrons. The third-order valence-electron chi connectivity index (χ3n) is 2.30. The number of nitrogens with one attached hydrogen (secondary N) is 1. The molecule has 19 heavy (non-hydrogen) atoms. The smallest absolute Gasteiger partial charge is 0.311 e. The largest absolute Gasteiger partial charge is 0.339 e. The van der Waals surface area contributed by atoms with Crippen molar-refractivity contribution in [3.8, 4) is 0 Å². The number of anilines is 1. The summed E-state index contributed by atoms with van der Waals surface area (Å²) >= 11 is 11.4. The molecule has 2 N–H and O–H groups in total. The first-order chi connectivity index (χ1) is 8.97. The second-order valence-corrected chi connectivity index (χ2v) is 4.42. The minimum atomic E-state index is -0.729. The van der Waals surface area contributed by atoms with Crippen LogP contribution >= 0.6 is 23.2 Å². The summed E-state index contributed by atoms with van der Waals surface area (Å²) in [5.41, 5.74) is -0.244. The van der Waals surface area contributed by atoms with Gasteiger partial charge >= 0.3 is 5.69 Å². The van der Waals surface area contributed by atoms with Crippen LogP contribution in [0.2, 0.25) is 5.15 Å². The zero-order chi connectivity index (χ0) is 14.0. The Labute approximate surface area is 117 Å². The predicted molar refractivity (Wildman–Crippen MR) is 70.0 cm³/mol. The molecule has 1 atom stereocenters. The molecule has 0 aromatic carbocycles. The Bertz CT molecular complexity index is 576. The number of rotatable bonds is 3. The van der Waals surface area contributed by atoms with Crippen LogP contribution < -0.4 is 5.32 Å². The van der Waals surface area contributed by atoms with Gasteiger partial charge in [-0.2, -0.15) is 0 Å². The standard InChI is InChI=1S/C10H8Cl2N4O3/c11-6-1-4-9(15(17)5-6)14-10-7(16(18)19)2-3-8(12)13-10/h1-5,9,17H,(H,13,14). The molecule has 0 fully saturated rings. The van der Waals surface area contributed by atoms with Gasteiger partial charge in [-0.25, -0.2) is 10.0 Å². The Balaban J connectivity index is 2.26. The zero-order valence-corrected chi connectivity index (χ0v) is 10.8. The van der Waals surface area contributed by atoms with Gasteiger partial charge in [0.15, 0.2) is 0 Å². The third-order valence-corrected chi connectivity index (χ3v) is 2.73. The van der Waals surface area contributed by atoms with Gasteiger partial charge in [0.25, 0.3) is 0 Å². The maximum Gasteiger partial charge on any atom is 0.311 e. The monoisotopic (exact) mass is 302 g/mol. The number of allylic oxidation sites excluding steroid dienone is 2. The Morgan fingerprint density at radius 3 is 2.84 bits per heavy atom. The van der Waals surface area contributed by atoms with Crippen molar-refractivity contribution in [2.75, 3.05) is 5.32 Å². The summed E-state index contributed by atoms with van der Waals surface area (Å²) in [6, 6.07) is 2.55. The number of halogens is 2. The van der Waals surface area contributed by atoms with Gasteiger partial charge < -0.3 is 5.32 Å². The van der Waals surface area contributed by atoms with Crippen molar-refractivity contribution in [1.82, 2.24) is 10.0 Å². The Hall–Kier alpha value is -1.83. The number of aromatic nitrogens is 1. The van der Waals surface area contributed by atoms with Crippen molar-refractivity contribution in [1.29, 1.82) is 0 Å². The molecular weight excluding hydrogens is 295 g/mol. The third kappa shape index (κ3) is 3.14. The van der Waals surface area contributed by atoms with Gasteiger partial charge in [0.05, 0.1) is 9.96 Å². The van der Waals surface area contributed by atoms with E-state index in [0.717, 1.165) is 5.06 Å². The number of hydroxylamine groups is 2. The van der Waals surface area contributed by atoms with Crippen molar-refractivity contribution >= 4 is 34.7 Å². The van der Waals surface area contributed by atoms with E-state index in [4.69, 9.17) is 23.2 Å². The van der Waals surface area contributed by atoms with Gasteiger partial charge in [-0.1, -0.05) is 23.2 Å². The maximum atomic E-state index is 10.9. The Morgan fingerprint density at radius 1 is 1.47 bits per heavy atom. The normalized spacial score (nSPS) is 18.2. The summed E-state index contributed by atoms with van der Waals surface area (Å²) in [7, 11) is 0. The molecule has 7 nitrogen and oxygen atoms in total. The molecule has 1 aromatic rings. The quantitative estimate of drug-likeness (QED) is 0.507. The lowest BCUT2D eigenvalue weighted by Gasteiger charge is -2.25. The number of pyridine rings is 1. The van der Waals surface area contributed by atoms with Gasteiger partial charge in [-0.15, -0.1) is 0 Å². The van der Waals surface area contributed by atoms with Crippen molar-refractivity contribution in [2.45, 2.75) is 6.17 Å². The number of hydrogen-bond acceptors (Lipinski definition) is 6. The van der Waals surface area contributed by atoms with E-state index in [1.165, 1.54) is 24.4 Å². The number of nitrogens with zero attached hydrogens (tertiary/aromatic N) is 3. The molecule has 0 aliphatic carbocycles. The van der Waals surface area contributed by atoms with Gasteiger partial charge in [-0.3, -0.25) is 15.3 Å². The molecule has 2 heterocycles. The van der Waals surface area contributed by atoms with Gasteiger partial charge in [0.2, 0.25) is 5.82 Å². The maximum absolute atomic E-state index is 10.9. The topological polar surface area (TPSA) is 91.5 Å². The van der Waals surface area contributed by atoms with Crippen LogP contribution in [0.5, 0.6) is 0 Å². The first-order valence-electron chi connectivity index (χ1n) is 5.07. The second kappa shape index (κ2) is 5.43. The molecule has 1 aliphatic heterocycles. The minimum absolute atomic E-state index is 0.0439. The lowest BCUT2D eigenvalue weighted by atomic mass is 10.3. The molecule has 0 spiro atoms. The molecule has 1 aromatic heterocycles. The minimum Gasteiger partial charge on any atom is -0.339 e. The highest BCUT2D eigenvalue weighted by molar-refractivity contribution is 6.31. The fourth-order valence-electron chi connectivity index (χ4n) is 1.46. The molecule has 9 heteroatoms. The second-order valence-electron chi connectivity index (χ2n) is 3.60. The molecule has 0 radical (unpaired) electrons. The van der Waals surface area contributed by atoms with E-state index in [1.54, 1.807) is 6.08 Å². The van der Waals surface area contributed by atoms with Gasteiger partial charge in [-0.05, 0) is 18.2 Å². The fraction of sp³-hybridized carbons (Fsp3) is 0.100. The summed E-state index contributed by atoms with van der Waals surface area (Å²) in [6.45, 7) is 0. The van der Waals surface area contributed by atoms with Crippen LogP contribution in [-0.2, 0) is 0 Å². The first kappa shape index (κ1) is 13.6. The molecule has 0 saturated carbocycles. The number of hydrogen-bond donors (Lipinski definition) is 2. The predicted octanol–water partition coefficient (Wildman–Crippen LogP) is 2.72. The molecule has 1 aliphatic rings. The number of nitro groups is 1. The van der Waals surface area contributed by atoms with Crippen LogP contribution in [0.3, 0.4) is 0 Å². The highest BCUT2D eigenvalue weighted by Crippen LogP contribution is 2.26. The van der Waals surface area contributed by atoms with E-state index in [2.05, 4.69) is 10.3 Å². The van der Waals surface area contributed by atoms with Crippen LogP contribution in [-0.4, -0.2) is 26.3 Å². The van der Waals surface area contributed by atoms with E-state index in [0.29, 0.717) is 5.03 Å². The average Bonchev–Trinajstić information content (AvgIpc) is 2.32. The lowest BCUT2D eigenvalue weighted by molar-refractivity contribution is -0.384. The molecule has 1 unspecified atom stereocenters. The Kier molecular flexibility index (Phi) is 3.89. The van der Waals surface area contributed by atoms with E-state index in [1.807, 2.05) is 0 Å². The highest BCUT2D eigenvalue weighted by atomic mass is 35.5. The first-order valence-corrected chi connectivity index (χ1v) is 5.83. The summed E-state index contributed by atoms with van der Waals surface area (Å²) in [5, 5.41) is 24.4. The van der Waals surface area contributed by atoms with Crippen molar-refractivity contribution < 1.29 is 10.1 Å². The van der Waals surface area contributed by atoms with E-state index >= 15 is 0 Å². The van der Waals surface area contributed by atoms with Crippen LogP contribution in [0, 0.1) is 10.1 Å².